The number of carbonyl (C=O) groups excluding carboxylic acids is 1. The number of nitrogens with zero attached hydrogens (tertiary/aromatic N) is 3. The molecular formula is C28H24N4O2. The normalized spacial score (nSPS) is 17.0. The standard InChI is InChI=1S/C28H24N4O2/c33-27(32-11-9-28(10-12-32)8-7-18-3-1-2-4-22(18)28)25-15-20-13-19(5-6-24(20)34-25)21-14-23-26(29-16-21)31-17-30-23/h1-6,13-17H,7-12H2,(H,29,30,31). The number of imidazole rings is 1. The van der Waals surface area contributed by atoms with Gasteiger partial charge in [-0.05, 0) is 72.1 Å². The third-order valence-corrected chi connectivity index (χ3v) is 7.80. The third-order valence-electron chi connectivity index (χ3n) is 7.80. The number of aromatic nitrogens is 3. The molecule has 3 aromatic heterocycles. The molecule has 34 heavy (non-hydrogen) atoms. The van der Waals surface area contributed by atoms with Crippen LogP contribution in [0.15, 0.2) is 71.5 Å². The van der Waals surface area contributed by atoms with Gasteiger partial charge in [0.1, 0.15) is 5.58 Å². The molecular weight excluding hydrogens is 424 g/mol. The average molecular weight is 449 g/mol. The maximum Gasteiger partial charge on any atom is 0.289 e. The van der Waals surface area contributed by atoms with Gasteiger partial charge in [0, 0.05) is 30.2 Å². The molecule has 1 saturated heterocycles. The van der Waals surface area contributed by atoms with Gasteiger partial charge in [-0.3, -0.25) is 4.79 Å². The number of rotatable bonds is 2. The molecule has 1 fully saturated rings. The Morgan fingerprint density at radius 3 is 2.76 bits per heavy atom. The first-order chi connectivity index (χ1) is 16.7. The van der Waals surface area contributed by atoms with Crippen molar-refractivity contribution in [3.8, 4) is 11.1 Å². The highest BCUT2D eigenvalue weighted by molar-refractivity contribution is 5.97. The van der Waals surface area contributed by atoms with Crippen molar-refractivity contribution in [2.24, 2.45) is 0 Å². The first-order valence-electron chi connectivity index (χ1n) is 11.9. The van der Waals surface area contributed by atoms with E-state index in [1.54, 1.807) is 6.33 Å². The monoisotopic (exact) mass is 448 g/mol. The highest BCUT2D eigenvalue weighted by Crippen LogP contribution is 2.46. The highest BCUT2D eigenvalue weighted by atomic mass is 16.3. The Bertz CT molecular complexity index is 1560. The molecule has 0 saturated carbocycles. The zero-order valence-corrected chi connectivity index (χ0v) is 18.8. The summed E-state index contributed by atoms with van der Waals surface area (Å²) in [6.07, 6.45) is 7.85. The van der Waals surface area contributed by atoms with Crippen molar-refractivity contribution in [3.63, 3.8) is 0 Å². The van der Waals surface area contributed by atoms with Crippen LogP contribution in [0, 0.1) is 0 Å². The maximum absolute atomic E-state index is 13.3. The van der Waals surface area contributed by atoms with Crippen LogP contribution in [0.3, 0.4) is 0 Å². The molecule has 0 bridgehead atoms. The van der Waals surface area contributed by atoms with E-state index < -0.39 is 0 Å². The van der Waals surface area contributed by atoms with E-state index in [9.17, 15) is 4.79 Å². The molecule has 5 aromatic rings. The second-order valence-corrected chi connectivity index (χ2v) is 9.59. The molecule has 0 unspecified atom stereocenters. The Hall–Kier alpha value is -3.93. The van der Waals surface area contributed by atoms with Crippen molar-refractivity contribution in [1.29, 1.82) is 0 Å². The predicted molar refractivity (Wildman–Crippen MR) is 131 cm³/mol. The van der Waals surface area contributed by atoms with E-state index in [2.05, 4.69) is 45.3 Å². The quantitative estimate of drug-likeness (QED) is 0.387. The van der Waals surface area contributed by atoms with E-state index in [-0.39, 0.29) is 11.3 Å². The minimum atomic E-state index is -0.0144. The van der Waals surface area contributed by atoms with Crippen LogP contribution in [0.5, 0.6) is 0 Å². The molecule has 0 radical (unpaired) electrons. The van der Waals surface area contributed by atoms with Gasteiger partial charge < -0.3 is 14.3 Å². The molecule has 1 aliphatic carbocycles. The van der Waals surface area contributed by atoms with Crippen LogP contribution in [-0.2, 0) is 11.8 Å². The van der Waals surface area contributed by atoms with Crippen LogP contribution in [0.1, 0.15) is 40.9 Å². The number of likely N-dealkylation sites (tertiary alicyclic amines) is 1. The lowest BCUT2D eigenvalue weighted by Gasteiger charge is -2.40. The first-order valence-corrected chi connectivity index (χ1v) is 11.9. The number of aryl methyl sites for hydroxylation is 1. The number of pyridine rings is 1. The van der Waals surface area contributed by atoms with E-state index in [1.807, 2.05) is 35.4 Å². The summed E-state index contributed by atoms with van der Waals surface area (Å²) in [4.78, 5) is 27.0. The van der Waals surface area contributed by atoms with E-state index in [0.29, 0.717) is 11.4 Å². The van der Waals surface area contributed by atoms with Gasteiger partial charge in [-0.1, -0.05) is 30.3 Å². The number of hydrogen-bond donors (Lipinski definition) is 1. The smallest absolute Gasteiger partial charge is 0.289 e. The Balaban J connectivity index is 1.12. The van der Waals surface area contributed by atoms with Gasteiger partial charge in [-0.25, -0.2) is 9.97 Å². The van der Waals surface area contributed by atoms with Crippen molar-refractivity contribution < 1.29 is 9.21 Å². The van der Waals surface area contributed by atoms with Crippen molar-refractivity contribution in [1.82, 2.24) is 19.9 Å². The van der Waals surface area contributed by atoms with Crippen LogP contribution in [0.4, 0.5) is 0 Å². The number of nitrogens with one attached hydrogen (secondary N) is 1. The zero-order valence-electron chi connectivity index (χ0n) is 18.8. The molecule has 7 rings (SSSR count). The Kier molecular flexibility index (Phi) is 4.19. The summed E-state index contributed by atoms with van der Waals surface area (Å²) in [6, 6.07) is 18.7. The van der Waals surface area contributed by atoms with Crippen LogP contribution >= 0.6 is 0 Å². The lowest BCUT2D eigenvalue weighted by Crippen LogP contribution is -2.44. The Labute approximate surface area is 196 Å². The van der Waals surface area contributed by atoms with E-state index in [0.717, 1.165) is 60.0 Å². The van der Waals surface area contributed by atoms with E-state index >= 15 is 0 Å². The van der Waals surface area contributed by atoms with Crippen molar-refractivity contribution in [3.05, 3.63) is 84.0 Å². The molecule has 2 aromatic carbocycles. The number of aromatic amines is 1. The molecule has 1 N–H and O–H groups in total. The van der Waals surface area contributed by atoms with Gasteiger partial charge in [0.05, 0.1) is 11.8 Å². The van der Waals surface area contributed by atoms with Gasteiger partial charge in [-0.15, -0.1) is 0 Å². The molecule has 168 valence electrons. The van der Waals surface area contributed by atoms with Crippen LogP contribution < -0.4 is 0 Å². The first kappa shape index (κ1) is 19.5. The summed E-state index contributed by atoms with van der Waals surface area (Å²) >= 11 is 0. The second kappa shape index (κ2) is 7.29. The molecule has 6 nitrogen and oxygen atoms in total. The second-order valence-electron chi connectivity index (χ2n) is 9.59. The number of furan rings is 1. The SMILES string of the molecule is O=C(c1cc2cc(-c3cnc4nc[nH]c4c3)ccc2o1)N1CCC2(CCc3ccccc32)CC1. The van der Waals surface area contributed by atoms with Crippen LogP contribution in [0.2, 0.25) is 0 Å². The maximum atomic E-state index is 13.3. The number of hydrogen-bond acceptors (Lipinski definition) is 4. The fourth-order valence-corrected chi connectivity index (χ4v) is 5.89. The minimum Gasteiger partial charge on any atom is -0.451 e. The van der Waals surface area contributed by atoms with Gasteiger partial charge in [-0.2, -0.15) is 0 Å². The van der Waals surface area contributed by atoms with Crippen molar-refractivity contribution in [2.45, 2.75) is 31.1 Å². The lowest BCUT2D eigenvalue weighted by molar-refractivity contribution is 0.0636. The Morgan fingerprint density at radius 1 is 0.971 bits per heavy atom. The molecule has 2 aliphatic rings. The number of carbonyl (C=O) groups is 1. The lowest BCUT2D eigenvalue weighted by atomic mass is 9.74. The Morgan fingerprint density at radius 2 is 1.85 bits per heavy atom. The predicted octanol–water partition coefficient (Wildman–Crippen LogP) is 5.49. The van der Waals surface area contributed by atoms with Crippen molar-refractivity contribution in [2.75, 3.05) is 13.1 Å². The molecule has 1 spiro atoms. The number of H-pyrrole nitrogens is 1. The average Bonchev–Trinajstić information content (AvgIpc) is 3.61. The van der Waals surface area contributed by atoms with Crippen LogP contribution in [0.25, 0.3) is 33.3 Å². The topological polar surface area (TPSA) is 75.0 Å². The van der Waals surface area contributed by atoms with Gasteiger partial charge in [0.25, 0.3) is 5.91 Å². The van der Waals surface area contributed by atoms with E-state index in [4.69, 9.17) is 4.42 Å². The zero-order chi connectivity index (χ0) is 22.7. The summed E-state index contributed by atoms with van der Waals surface area (Å²) in [7, 11) is 0. The number of amides is 1. The molecule has 1 amide bonds. The summed E-state index contributed by atoms with van der Waals surface area (Å²) in [5.41, 5.74) is 7.56. The summed E-state index contributed by atoms with van der Waals surface area (Å²) < 4.78 is 5.98. The minimum absolute atomic E-state index is 0.0144. The summed E-state index contributed by atoms with van der Waals surface area (Å²) in [6.45, 7) is 1.54. The highest BCUT2D eigenvalue weighted by Gasteiger charge is 2.42. The van der Waals surface area contributed by atoms with E-state index in [1.165, 1.54) is 17.5 Å². The fourth-order valence-electron chi connectivity index (χ4n) is 5.89. The number of piperidine rings is 1. The largest absolute Gasteiger partial charge is 0.451 e. The molecule has 6 heteroatoms. The van der Waals surface area contributed by atoms with Crippen LogP contribution in [-0.4, -0.2) is 38.8 Å². The molecule has 0 atom stereocenters. The number of fused-ring (bicyclic) bond motifs is 4. The molecule has 1 aliphatic heterocycles. The summed E-state index contributed by atoms with van der Waals surface area (Å²) in [5.74, 6) is 0.400. The van der Waals surface area contributed by atoms with Gasteiger partial charge >= 0.3 is 0 Å². The molecule has 4 heterocycles. The van der Waals surface area contributed by atoms with Gasteiger partial charge in [0.15, 0.2) is 11.4 Å². The number of benzene rings is 2. The van der Waals surface area contributed by atoms with Gasteiger partial charge in [0.2, 0.25) is 0 Å². The third kappa shape index (κ3) is 2.98. The fraction of sp³-hybridized carbons (Fsp3) is 0.250. The summed E-state index contributed by atoms with van der Waals surface area (Å²) in [5, 5.41) is 0.920. The van der Waals surface area contributed by atoms with Crippen molar-refractivity contribution >= 4 is 28.0 Å².